The Balaban J connectivity index is 1.95. The zero-order chi connectivity index (χ0) is 13.7. The second-order valence-corrected chi connectivity index (χ2v) is 4.67. The van der Waals surface area contributed by atoms with Gasteiger partial charge in [0.25, 0.3) is 0 Å². The quantitative estimate of drug-likeness (QED) is 0.760. The largest absolute Gasteiger partial charge is 0.369 e. The van der Waals surface area contributed by atoms with Crippen molar-refractivity contribution in [1.29, 1.82) is 0 Å². The lowest BCUT2D eigenvalue weighted by atomic mass is 10.00. The van der Waals surface area contributed by atoms with Crippen LogP contribution in [0.1, 0.15) is 27.0 Å². The van der Waals surface area contributed by atoms with Crippen molar-refractivity contribution in [3.8, 4) is 0 Å². The van der Waals surface area contributed by atoms with Gasteiger partial charge in [-0.1, -0.05) is 48.5 Å². The van der Waals surface area contributed by atoms with Crippen LogP contribution in [0.25, 0.3) is 0 Å². The lowest BCUT2D eigenvalue weighted by Gasteiger charge is -2.09. The molecule has 2 aromatic carbocycles. The topological polar surface area (TPSA) is 26.3 Å². The fraction of sp³-hybridized carbons (Fsp3) is 0.235. The van der Waals surface area contributed by atoms with E-state index in [1.54, 1.807) is 0 Å². The van der Waals surface area contributed by atoms with Gasteiger partial charge >= 0.3 is 0 Å². The monoisotopic (exact) mass is 254 g/mol. The van der Waals surface area contributed by atoms with E-state index in [-0.39, 0.29) is 12.4 Å². The van der Waals surface area contributed by atoms with Crippen molar-refractivity contribution < 1.29 is 9.53 Å². The Bertz CT molecular complexity index is 538. The van der Waals surface area contributed by atoms with Gasteiger partial charge in [-0.05, 0) is 30.5 Å². The van der Waals surface area contributed by atoms with Crippen LogP contribution >= 0.6 is 0 Å². The van der Waals surface area contributed by atoms with Crippen molar-refractivity contribution in [2.45, 2.75) is 20.5 Å². The SMILES string of the molecule is Cc1cccc(C)c1C(=O)COCc1ccccc1. The molecule has 0 heterocycles. The number of hydrogen-bond donors (Lipinski definition) is 0. The van der Waals surface area contributed by atoms with Crippen LogP contribution in [0.4, 0.5) is 0 Å². The molecule has 0 unspecified atom stereocenters. The summed E-state index contributed by atoms with van der Waals surface area (Å²) in [5.41, 5.74) is 3.88. The maximum atomic E-state index is 12.2. The minimum absolute atomic E-state index is 0.0477. The van der Waals surface area contributed by atoms with Crippen molar-refractivity contribution in [3.63, 3.8) is 0 Å². The Morgan fingerprint density at radius 2 is 1.58 bits per heavy atom. The lowest BCUT2D eigenvalue weighted by molar-refractivity contribution is 0.0725. The van der Waals surface area contributed by atoms with Crippen molar-refractivity contribution >= 4 is 5.78 Å². The Labute approximate surface area is 114 Å². The molecule has 0 saturated carbocycles. The molecular formula is C17H18O2. The van der Waals surface area contributed by atoms with Crippen LogP contribution in [-0.4, -0.2) is 12.4 Å². The Morgan fingerprint density at radius 3 is 2.21 bits per heavy atom. The van der Waals surface area contributed by atoms with Crippen LogP contribution in [0.3, 0.4) is 0 Å². The molecule has 2 aromatic rings. The highest BCUT2D eigenvalue weighted by atomic mass is 16.5. The van der Waals surface area contributed by atoms with Gasteiger partial charge in [-0.2, -0.15) is 0 Å². The van der Waals surface area contributed by atoms with Crippen molar-refractivity contribution in [1.82, 2.24) is 0 Å². The van der Waals surface area contributed by atoms with E-state index in [1.807, 2.05) is 62.4 Å². The predicted molar refractivity (Wildman–Crippen MR) is 76.3 cm³/mol. The van der Waals surface area contributed by atoms with E-state index in [1.165, 1.54) is 0 Å². The first-order valence-electron chi connectivity index (χ1n) is 6.39. The smallest absolute Gasteiger partial charge is 0.189 e. The van der Waals surface area contributed by atoms with Crippen LogP contribution in [0, 0.1) is 13.8 Å². The van der Waals surface area contributed by atoms with Gasteiger partial charge in [0.15, 0.2) is 5.78 Å². The van der Waals surface area contributed by atoms with Crippen LogP contribution in [0.2, 0.25) is 0 Å². The molecule has 0 spiro atoms. The average molecular weight is 254 g/mol. The van der Waals surface area contributed by atoms with Gasteiger partial charge in [0.05, 0.1) is 6.61 Å². The van der Waals surface area contributed by atoms with E-state index < -0.39 is 0 Å². The average Bonchev–Trinajstić information content (AvgIpc) is 2.40. The summed E-state index contributed by atoms with van der Waals surface area (Å²) in [6.45, 7) is 4.51. The molecule has 2 nitrogen and oxygen atoms in total. The van der Waals surface area contributed by atoms with Crippen LogP contribution in [-0.2, 0) is 11.3 Å². The molecule has 0 aromatic heterocycles. The van der Waals surface area contributed by atoms with Gasteiger partial charge in [-0.15, -0.1) is 0 Å². The predicted octanol–water partition coefficient (Wildman–Crippen LogP) is 3.70. The number of Topliss-reactive ketones (excluding diaryl/α,β-unsaturated/α-hetero) is 1. The third kappa shape index (κ3) is 3.52. The van der Waals surface area contributed by atoms with Crippen molar-refractivity contribution in [3.05, 3.63) is 70.8 Å². The molecule has 0 radical (unpaired) electrons. The second kappa shape index (κ2) is 6.30. The van der Waals surface area contributed by atoms with Gasteiger partial charge in [0.1, 0.15) is 6.61 Å². The first kappa shape index (κ1) is 13.5. The third-order valence-corrected chi connectivity index (χ3v) is 3.10. The molecular weight excluding hydrogens is 236 g/mol. The molecule has 0 atom stereocenters. The zero-order valence-electron chi connectivity index (χ0n) is 11.3. The fourth-order valence-corrected chi connectivity index (χ4v) is 2.16. The Morgan fingerprint density at radius 1 is 0.947 bits per heavy atom. The molecule has 0 aliphatic rings. The molecule has 0 aliphatic heterocycles. The summed E-state index contributed by atoms with van der Waals surface area (Å²) in [5, 5.41) is 0. The normalized spacial score (nSPS) is 10.4. The second-order valence-electron chi connectivity index (χ2n) is 4.67. The summed E-state index contributed by atoms with van der Waals surface area (Å²) >= 11 is 0. The summed E-state index contributed by atoms with van der Waals surface area (Å²) in [5.74, 6) is 0.0477. The Hall–Kier alpha value is -1.93. The molecule has 0 bridgehead atoms. The summed E-state index contributed by atoms with van der Waals surface area (Å²) < 4.78 is 5.50. The highest BCUT2D eigenvalue weighted by Gasteiger charge is 2.11. The summed E-state index contributed by atoms with van der Waals surface area (Å²) in [7, 11) is 0. The van der Waals surface area contributed by atoms with Gasteiger partial charge in [-0.25, -0.2) is 0 Å². The highest BCUT2D eigenvalue weighted by molar-refractivity contribution is 5.99. The summed E-state index contributed by atoms with van der Waals surface area (Å²) in [6, 6.07) is 15.7. The molecule has 0 N–H and O–H groups in total. The van der Waals surface area contributed by atoms with Crippen molar-refractivity contribution in [2.24, 2.45) is 0 Å². The minimum atomic E-state index is 0.0477. The highest BCUT2D eigenvalue weighted by Crippen LogP contribution is 2.14. The lowest BCUT2D eigenvalue weighted by Crippen LogP contribution is -2.12. The van der Waals surface area contributed by atoms with Crippen LogP contribution in [0.5, 0.6) is 0 Å². The number of ether oxygens (including phenoxy) is 1. The van der Waals surface area contributed by atoms with Crippen molar-refractivity contribution in [2.75, 3.05) is 6.61 Å². The maximum absolute atomic E-state index is 12.2. The number of rotatable bonds is 5. The van der Waals surface area contributed by atoms with E-state index >= 15 is 0 Å². The third-order valence-electron chi connectivity index (χ3n) is 3.10. The summed E-state index contributed by atoms with van der Waals surface area (Å²) in [6.07, 6.45) is 0. The zero-order valence-corrected chi connectivity index (χ0v) is 11.3. The molecule has 2 heteroatoms. The fourth-order valence-electron chi connectivity index (χ4n) is 2.16. The number of ketones is 1. The number of carbonyl (C=O) groups is 1. The molecule has 0 amide bonds. The molecule has 0 fully saturated rings. The standard InChI is InChI=1S/C17H18O2/c1-13-7-6-8-14(2)17(13)16(18)12-19-11-15-9-4-3-5-10-15/h3-10H,11-12H2,1-2H3. The number of hydrogen-bond acceptors (Lipinski definition) is 2. The molecule has 2 rings (SSSR count). The maximum Gasteiger partial charge on any atom is 0.189 e. The van der Waals surface area contributed by atoms with Gasteiger partial charge in [0.2, 0.25) is 0 Å². The number of carbonyl (C=O) groups excluding carboxylic acids is 1. The molecule has 98 valence electrons. The van der Waals surface area contributed by atoms with E-state index in [2.05, 4.69) is 0 Å². The van der Waals surface area contributed by atoms with E-state index in [0.717, 1.165) is 22.3 Å². The van der Waals surface area contributed by atoms with E-state index in [4.69, 9.17) is 4.74 Å². The minimum Gasteiger partial charge on any atom is -0.369 e. The number of benzene rings is 2. The first-order chi connectivity index (χ1) is 9.18. The molecule has 0 saturated heterocycles. The van der Waals surface area contributed by atoms with E-state index in [0.29, 0.717) is 6.61 Å². The molecule has 0 aliphatic carbocycles. The molecule has 19 heavy (non-hydrogen) atoms. The van der Waals surface area contributed by atoms with Gasteiger partial charge in [-0.3, -0.25) is 4.79 Å². The van der Waals surface area contributed by atoms with Crippen LogP contribution < -0.4 is 0 Å². The van der Waals surface area contributed by atoms with Gasteiger partial charge < -0.3 is 4.74 Å². The van der Waals surface area contributed by atoms with Gasteiger partial charge in [0, 0.05) is 5.56 Å². The first-order valence-corrected chi connectivity index (χ1v) is 6.39. The Kier molecular flexibility index (Phi) is 4.48. The van der Waals surface area contributed by atoms with Crippen LogP contribution in [0.15, 0.2) is 48.5 Å². The summed E-state index contributed by atoms with van der Waals surface area (Å²) in [4.78, 5) is 12.2. The number of aryl methyl sites for hydroxylation is 2. The van der Waals surface area contributed by atoms with E-state index in [9.17, 15) is 4.79 Å².